The van der Waals surface area contributed by atoms with Crippen molar-refractivity contribution in [1.29, 1.82) is 0 Å². The molecule has 2 aromatic carbocycles. The first-order valence-electron chi connectivity index (χ1n) is 9.92. The smallest absolute Gasteiger partial charge is 0.322 e. The summed E-state index contributed by atoms with van der Waals surface area (Å²) < 4.78 is 0. The van der Waals surface area contributed by atoms with Gasteiger partial charge in [0.2, 0.25) is 0 Å². The average Bonchev–Trinajstić information content (AvgIpc) is 3.45. The van der Waals surface area contributed by atoms with Crippen LogP contribution in [-0.4, -0.2) is 28.6 Å². The highest BCUT2D eigenvalue weighted by atomic mass is 16.4. The molecular weight excluding hydrogens is 368 g/mol. The van der Waals surface area contributed by atoms with Crippen LogP contribution in [0, 0.1) is 17.8 Å². The van der Waals surface area contributed by atoms with Gasteiger partial charge in [-0.05, 0) is 42.7 Å². The second kappa shape index (κ2) is 7.70. The third kappa shape index (κ3) is 4.01. The molecule has 2 aliphatic rings. The maximum absolute atomic E-state index is 12.8. The van der Waals surface area contributed by atoms with Crippen molar-refractivity contribution in [2.24, 2.45) is 17.8 Å². The Bertz CT molecular complexity index is 873. The molecule has 1 unspecified atom stereocenters. The molecular formula is C23H24N2O4. The molecule has 0 spiro atoms. The van der Waals surface area contributed by atoms with E-state index in [-0.39, 0.29) is 11.8 Å². The minimum atomic E-state index is -1.16. The molecule has 29 heavy (non-hydrogen) atoms. The van der Waals surface area contributed by atoms with Crippen molar-refractivity contribution in [3.05, 3.63) is 71.8 Å². The second-order valence-electron chi connectivity index (χ2n) is 8.12. The van der Waals surface area contributed by atoms with Gasteiger partial charge in [-0.15, -0.1) is 0 Å². The van der Waals surface area contributed by atoms with Gasteiger partial charge in [0, 0.05) is 5.92 Å². The number of carboxylic acid groups (broad SMARTS) is 1. The van der Waals surface area contributed by atoms with E-state index in [1.165, 1.54) is 0 Å². The summed E-state index contributed by atoms with van der Waals surface area (Å²) in [6.45, 7) is 0. The first-order valence-corrected chi connectivity index (χ1v) is 9.92. The SMILES string of the molecule is O=C1NC(=O)C(CC(Cc2ccccc2)Cc2ccccc2)([C@H]2C[C@@H]2C(=O)O)N1. The molecule has 1 heterocycles. The number of amides is 3. The van der Waals surface area contributed by atoms with Gasteiger partial charge in [-0.25, -0.2) is 4.79 Å². The highest BCUT2D eigenvalue weighted by Crippen LogP contribution is 2.50. The number of rotatable bonds is 8. The Morgan fingerprint density at radius 3 is 1.97 bits per heavy atom. The van der Waals surface area contributed by atoms with Crippen LogP contribution in [0.3, 0.4) is 0 Å². The summed E-state index contributed by atoms with van der Waals surface area (Å²) in [5.41, 5.74) is 1.15. The number of benzene rings is 2. The lowest BCUT2D eigenvalue weighted by atomic mass is 9.77. The molecule has 1 saturated heterocycles. The van der Waals surface area contributed by atoms with Gasteiger partial charge in [-0.2, -0.15) is 0 Å². The fraction of sp³-hybridized carbons (Fsp3) is 0.348. The van der Waals surface area contributed by atoms with Crippen LogP contribution in [0.15, 0.2) is 60.7 Å². The van der Waals surface area contributed by atoms with Crippen molar-refractivity contribution in [1.82, 2.24) is 10.6 Å². The summed E-state index contributed by atoms with van der Waals surface area (Å²) in [4.78, 5) is 36.3. The quantitative estimate of drug-likeness (QED) is 0.602. The zero-order valence-electron chi connectivity index (χ0n) is 16.0. The highest BCUT2D eigenvalue weighted by molar-refractivity contribution is 6.08. The topological polar surface area (TPSA) is 95.5 Å². The van der Waals surface area contributed by atoms with Gasteiger partial charge in [-0.1, -0.05) is 60.7 Å². The van der Waals surface area contributed by atoms with Gasteiger partial charge in [0.25, 0.3) is 5.91 Å². The molecule has 6 heteroatoms. The number of imide groups is 1. The van der Waals surface area contributed by atoms with Crippen LogP contribution in [0.2, 0.25) is 0 Å². The van der Waals surface area contributed by atoms with Crippen molar-refractivity contribution in [2.75, 3.05) is 0 Å². The second-order valence-corrected chi connectivity index (χ2v) is 8.12. The molecule has 0 aromatic heterocycles. The van der Waals surface area contributed by atoms with Crippen molar-refractivity contribution in [2.45, 2.75) is 31.2 Å². The third-order valence-corrected chi connectivity index (χ3v) is 6.05. The predicted molar refractivity (Wildman–Crippen MR) is 107 cm³/mol. The zero-order valence-corrected chi connectivity index (χ0v) is 16.0. The zero-order chi connectivity index (χ0) is 20.4. The van der Waals surface area contributed by atoms with Crippen LogP contribution in [0.25, 0.3) is 0 Å². The molecule has 0 radical (unpaired) electrons. The van der Waals surface area contributed by atoms with Crippen molar-refractivity contribution in [3.8, 4) is 0 Å². The summed E-state index contributed by atoms with van der Waals surface area (Å²) in [5.74, 6) is -2.21. The summed E-state index contributed by atoms with van der Waals surface area (Å²) in [6, 6.07) is 19.5. The Morgan fingerprint density at radius 2 is 1.55 bits per heavy atom. The van der Waals surface area contributed by atoms with Crippen LogP contribution in [0.4, 0.5) is 4.79 Å². The van der Waals surface area contributed by atoms with Crippen molar-refractivity contribution < 1.29 is 19.5 Å². The van der Waals surface area contributed by atoms with Gasteiger partial charge in [0.05, 0.1) is 5.92 Å². The first kappa shape index (κ1) is 19.2. The molecule has 3 amide bonds. The minimum absolute atomic E-state index is 0.0685. The van der Waals surface area contributed by atoms with Crippen molar-refractivity contribution >= 4 is 17.9 Å². The fourth-order valence-corrected chi connectivity index (χ4v) is 4.64. The molecule has 2 fully saturated rings. The third-order valence-electron chi connectivity index (χ3n) is 6.05. The van der Waals surface area contributed by atoms with Gasteiger partial charge >= 0.3 is 12.0 Å². The molecule has 4 rings (SSSR count). The van der Waals surface area contributed by atoms with E-state index in [1.54, 1.807) is 0 Å². The van der Waals surface area contributed by atoms with Crippen LogP contribution < -0.4 is 10.6 Å². The molecule has 2 aromatic rings. The van der Waals surface area contributed by atoms with E-state index >= 15 is 0 Å². The highest BCUT2D eigenvalue weighted by Gasteiger charge is 2.63. The van der Waals surface area contributed by atoms with E-state index in [4.69, 9.17) is 0 Å². The number of aliphatic carboxylic acids is 1. The Hall–Kier alpha value is -3.15. The van der Waals surface area contributed by atoms with Gasteiger partial charge in [0.15, 0.2) is 0 Å². The Morgan fingerprint density at radius 1 is 1.00 bits per heavy atom. The van der Waals surface area contributed by atoms with Crippen LogP contribution >= 0.6 is 0 Å². The monoisotopic (exact) mass is 392 g/mol. The first-order chi connectivity index (χ1) is 14.0. The largest absolute Gasteiger partial charge is 0.481 e. The van der Waals surface area contributed by atoms with E-state index in [0.717, 1.165) is 24.0 Å². The lowest BCUT2D eigenvalue weighted by Gasteiger charge is -2.31. The van der Waals surface area contributed by atoms with E-state index in [9.17, 15) is 19.5 Å². The maximum atomic E-state index is 12.8. The standard InChI is InChI=1S/C23H24N2O4/c26-20(27)18-13-19(18)23(21(28)24-22(29)25-23)14-17(11-15-7-3-1-4-8-15)12-16-9-5-2-6-10-16/h1-10,17-19H,11-14H2,(H,26,27)(H2,24,25,28,29)/t18-,19-,23?/m0/s1. The molecule has 1 saturated carbocycles. The molecule has 6 nitrogen and oxygen atoms in total. The fourth-order valence-electron chi connectivity index (χ4n) is 4.64. The molecule has 0 bridgehead atoms. The van der Waals surface area contributed by atoms with Crippen LogP contribution in [-0.2, 0) is 22.4 Å². The molecule has 150 valence electrons. The number of carboxylic acids is 1. The Balaban J connectivity index is 1.62. The number of hydrogen-bond acceptors (Lipinski definition) is 3. The Labute approximate surface area is 169 Å². The molecule has 1 aliphatic heterocycles. The average molecular weight is 392 g/mol. The molecule has 3 N–H and O–H groups in total. The number of nitrogens with one attached hydrogen (secondary N) is 2. The van der Waals surface area contributed by atoms with Crippen molar-refractivity contribution in [3.63, 3.8) is 0 Å². The van der Waals surface area contributed by atoms with Crippen LogP contribution in [0.1, 0.15) is 24.0 Å². The Kier molecular flexibility index (Phi) is 5.09. The lowest BCUT2D eigenvalue weighted by Crippen LogP contribution is -2.51. The number of carbonyl (C=O) groups is 3. The number of carbonyl (C=O) groups excluding carboxylic acids is 2. The summed E-state index contributed by atoms with van der Waals surface area (Å²) in [7, 11) is 0. The number of urea groups is 1. The lowest BCUT2D eigenvalue weighted by molar-refractivity contribution is -0.139. The molecule has 1 aliphatic carbocycles. The predicted octanol–water partition coefficient (Wildman–Crippen LogP) is 2.78. The maximum Gasteiger partial charge on any atom is 0.322 e. The van der Waals surface area contributed by atoms with E-state index in [2.05, 4.69) is 34.9 Å². The minimum Gasteiger partial charge on any atom is -0.481 e. The normalized spacial score (nSPS) is 25.6. The number of hydrogen-bond donors (Lipinski definition) is 3. The molecule has 3 atom stereocenters. The van der Waals surface area contributed by atoms with Gasteiger partial charge < -0.3 is 10.4 Å². The summed E-state index contributed by atoms with van der Waals surface area (Å²) in [5, 5.41) is 14.6. The van der Waals surface area contributed by atoms with Crippen LogP contribution in [0.5, 0.6) is 0 Å². The van der Waals surface area contributed by atoms with E-state index in [1.807, 2.05) is 36.4 Å². The van der Waals surface area contributed by atoms with Gasteiger partial charge in [-0.3, -0.25) is 14.9 Å². The van der Waals surface area contributed by atoms with E-state index < -0.39 is 29.4 Å². The van der Waals surface area contributed by atoms with Gasteiger partial charge in [0.1, 0.15) is 5.54 Å². The summed E-state index contributed by atoms with van der Waals surface area (Å²) >= 11 is 0. The summed E-state index contributed by atoms with van der Waals surface area (Å²) in [6.07, 6.45) is 2.30. The van der Waals surface area contributed by atoms with E-state index in [0.29, 0.717) is 12.8 Å².